The zero-order chi connectivity index (χ0) is 11.5. The van der Waals surface area contributed by atoms with Gasteiger partial charge in [0.1, 0.15) is 5.69 Å². The number of hydrogen-bond donors (Lipinski definition) is 1. The van der Waals surface area contributed by atoms with E-state index in [1.165, 1.54) is 6.42 Å². The van der Waals surface area contributed by atoms with Crippen molar-refractivity contribution in [2.24, 2.45) is 12.8 Å². The molecule has 1 aliphatic carbocycles. The van der Waals surface area contributed by atoms with Crippen molar-refractivity contribution < 1.29 is 4.79 Å². The third kappa shape index (κ3) is 1.95. The monoisotopic (exact) mass is 222 g/mol. The van der Waals surface area contributed by atoms with Gasteiger partial charge in [-0.15, -0.1) is 0 Å². The van der Waals surface area contributed by atoms with Crippen LogP contribution in [-0.4, -0.2) is 39.7 Å². The van der Waals surface area contributed by atoms with E-state index in [2.05, 4.69) is 5.10 Å². The van der Waals surface area contributed by atoms with Gasteiger partial charge in [0.15, 0.2) is 0 Å². The molecule has 0 radical (unpaired) electrons. The van der Waals surface area contributed by atoms with E-state index in [1.807, 2.05) is 4.90 Å². The van der Waals surface area contributed by atoms with Crippen LogP contribution in [-0.2, 0) is 7.05 Å². The summed E-state index contributed by atoms with van der Waals surface area (Å²) in [5.41, 5.74) is 6.20. The second kappa shape index (κ2) is 4.65. The number of hydrogen-bond acceptors (Lipinski definition) is 3. The maximum absolute atomic E-state index is 12.3. The molecule has 1 fully saturated rings. The molecule has 1 saturated carbocycles. The van der Waals surface area contributed by atoms with E-state index in [0.29, 0.717) is 24.8 Å². The van der Waals surface area contributed by atoms with Crippen molar-refractivity contribution in [2.45, 2.75) is 25.3 Å². The predicted molar refractivity (Wildman–Crippen MR) is 60.9 cm³/mol. The van der Waals surface area contributed by atoms with Crippen LogP contribution in [0.1, 0.15) is 29.8 Å². The fraction of sp³-hybridized carbons (Fsp3) is 0.636. The largest absolute Gasteiger partial charge is 0.333 e. The zero-order valence-corrected chi connectivity index (χ0v) is 9.59. The molecule has 0 atom stereocenters. The molecule has 0 spiro atoms. The van der Waals surface area contributed by atoms with E-state index < -0.39 is 0 Å². The average molecular weight is 222 g/mol. The van der Waals surface area contributed by atoms with Crippen LogP contribution in [0.2, 0.25) is 0 Å². The molecule has 1 aromatic heterocycles. The number of carbonyl (C=O) groups is 1. The molecule has 2 N–H and O–H groups in total. The highest BCUT2D eigenvalue weighted by atomic mass is 16.2. The maximum Gasteiger partial charge on any atom is 0.272 e. The van der Waals surface area contributed by atoms with E-state index in [4.69, 9.17) is 5.73 Å². The van der Waals surface area contributed by atoms with Crippen molar-refractivity contribution in [1.29, 1.82) is 0 Å². The number of rotatable bonds is 4. The Labute approximate surface area is 95.2 Å². The molecule has 1 amide bonds. The summed E-state index contributed by atoms with van der Waals surface area (Å²) in [5.74, 6) is 0.0511. The lowest BCUT2D eigenvalue weighted by atomic mass is 9.91. The normalized spacial score (nSPS) is 15.9. The first kappa shape index (κ1) is 11.1. The van der Waals surface area contributed by atoms with Gasteiger partial charge in [0, 0.05) is 32.4 Å². The third-order valence-electron chi connectivity index (χ3n) is 3.19. The fourth-order valence-electron chi connectivity index (χ4n) is 2.02. The van der Waals surface area contributed by atoms with Crippen LogP contribution in [0.4, 0.5) is 0 Å². The molecular weight excluding hydrogens is 204 g/mol. The number of carbonyl (C=O) groups excluding carboxylic acids is 1. The summed E-state index contributed by atoms with van der Waals surface area (Å²) in [7, 11) is 1.79. The highest BCUT2D eigenvalue weighted by Gasteiger charge is 2.29. The first-order chi connectivity index (χ1) is 7.74. The predicted octanol–water partition coefficient (Wildman–Crippen LogP) is 0.373. The van der Waals surface area contributed by atoms with Gasteiger partial charge < -0.3 is 10.6 Å². The van der Waals surface area contributed by atoms with Gasteiger partial charge in [-0.2, -0.15) is 5.10 Å². The highest BCUT2D eigenvalue weighted by molar-refractivity contribution is 5.92. The Morgan fingerprint density at radius 1 is 1.69 bits per heavy atom. The van der Waals surface area contributed by atoms with Crippen molar-refractivity contribution in [2.75, 3.05) is 13.1 Å². The lowest BCUT2D eigenvalue weighted by molar-refractivity contribution is 0.0577. The SMILES string of the molecule is Cn1nccc1C(=O)N(CCN)C1CCC1. The standard InChI is InChI=1S/C11H18N4O/c1-14-10(5-7-13-14)11(16)15(8-6-12)9-3-2-4-9/h5,7,9H,2-4,6,8,12H2,1H3. The molecule has 0 saturated heterocycles. The van der Waals surface area contributed by atoms with E-state index >= 15 is 0 Å². The minimum atomic E-state index is 0.0511. The number of aryl methyl sites for hydroxylation is 1. The Balaban J connectivity index is 2.13. The van der Waals surface area contributed by atoms with Crippen LogP contribution in [0.3, 0.4) is 0 Å². The van der Waals surface area contributed by atoms with Crippen LogP contribution in [0.25, 0.3) is 0 Å². The van der Waals surface area contributed by atoms with Gasteiger partial charge >= 0.3 is 0 Å². The Bertz CT molecular complexity index is 370. The van der Waals surface area contributed by atoms with Crippen LogP contribution in [0.5, 0.6) is 0 Å². The molecule has 0 aliphatic heterocycles. The molecule has 2 rings (SSSR count). The Morgan fingerprint density at radius 3 is 2.88 bits per heavy atom. The second-order valence-electron chi connectivity index (χ2n) is 4.21. The Hall–Kier alpha value is -1.36. The molecule has 88 valence electrons. The van der Waals surface area contributed by atoms with Gasteiger partial charge in [-0.3, -0.25) is 9.48 Å². The number of amides is 1. The van der Waals surface area contributed by atoms with Crippen molar-refractivity contribution in [3.8, 4) is 0 Å². The Kier molecular flexibility index (Phi) is 3.24. The first-order valence-corrected chi connectivity index (χ1v) is 5.73. The van der Waals surface area contributed by atoms with Crippen molar-refractivity contribution in [3.63, 3.8) is 0 Å². The van der Waals surface area contributed by atoms with E-state index in [1.54, 1.807) is 24.0 Å². The smallest absolute Gasteiger partial charge is 0.272 e. The fourth-order valence-corrected chi connectivity index (χ4v) is 2.02. The van der Waals surface area contributed by atoms with Gasteiger partial charge in [0.2, 0.25) is 0 Å². The summed E-state index contributed by atoms with van der Waals surface area (Å²) in [6.45, 7) is 1.15. The minimum absolute atomic E-state index is 0.0511. The lowest BCUT2D eigenvalue weighted by Crippen LogP contribution is -2.47. The van der Waals surface area contributed by atoms with Gasteiger partial charge in [-0.1, -0.05) is 0 Å². The summed E-state index contributed by atoms with van der Waals surface area (Å²) in [4.78, 5) is 14.1. The minimum Gasteiger partial charge on any atom is -0.333 e. The van der Waals surface area contributed by atoms with Crippen molar-refractivity contribution in [1.82, 2.24) is 14.7 Å². The quantitative estimate of drug-likeness (QED) is 0.800. The number of aromatic nitrogens is 2. The summed E-state index contributed by atoms with van der Waals surface area (Å²) in [5, 5.41) is 4.02. The summed E-state index contributed by atoms with van der Waals surface area (Å²) in [6, 6.07) is 2.13. The van der Waals surface area contributed by atoms with Crippen LogP contribution >= 0.6 is 0 Å². The average Bonchev–Trinajstić information content (AvgIpc) is 2.60. The van der Waals surface area contributed by atoms with Crippen LogP contribution < -0.4 is 5.73 Å². The molecule has 1 aliphatic rings. The lowest BCUT2D eigenvalue weighted by Gasteiger charge is -2.37. The molecule has 5 heteroatoms. The van der Waals surface area contributed by atoms with Gasteiger partial charge in [-0.25, -0.2) is 0 Å². The van der Waals surface area contributed by atoms with Crippen molar-refractivity contribution >= 4 is 5.91 Å². The first-order valence-electron chi connectivity index (χ1n) is 5.73. The van der Waals surface area contributed by atoms with E-state index in [9.17, 15) is 4.79 Å². The number of nitrogens with two attached hydrogens (primary N) is 1. The second-order valence-corrected chi connectivity index (χ2v) is 4.21. The maximum atomic E-state index is 12.3. The highest BCUT2D eigenvalue weighted by Crippen LogP contribution is 2.25. The zero-order valence-electron chi connectivity index (χ0n) is 9.59. The topological polar surface area (TPSA) is 64.2 Å². The molecule has 0 aromatic carbocycles. The molecule has 1 aromatic rings. The molecule has 5 nitrogen and oxygen atoms in total. The van der Waals surface area contributed by atoms with Crippen molar-refractivity contribution in [3.05, 3.63) is 18.0 Å². The summed E-state index contributed by atoms with van der Waals surface area (Å²) >= 11 is 0. The van der Waals surface area contributed by atoms with Crippen LogP contribution in [0.15, 0.2) is 12.3 Å². The molecular formula is C11H18N4O. The van der Waals surface area contributed by atoms with E-state index in [0.717, 1.165) is 12.8 Å². The molecule has 0 unspecified atom stereocenters. The van der Waals surface area contributed by atoms with Gasteiger partial charge in [-0.05, 0) is 25.3 Å². The molecule has 1 heterocycles. The van der Waals surface area contributed by atoms with E-state index in [-0.39, 0.29) is 5.91 Å². The molecule has 0 bridgehead atoms. The van der Waals surface area contributed by atoms with Crippen LogP contribution in [0, 0.1) is 0 Å². The summed E-state index contributed by atoms with van der Waals surface area (Å²) < 4.78 is 1.62. The number of nitrogens with zero attached hydrogens (tertiary/aromatic N) is 3. The summed E-state index contributed by atoms with van der Waals surface area (Å²) in [6.07, 6.45) is 5.06. The molecule has 16 heavy (non-hydrogen) atoms. The Morgan fingerprint density at radius 2 is 2.44 bits per heavy atom. The third-order valence-corrected chi connectivity index (χ3v) is 3.19. The van der Waals surface area contributed by atoms with Gasteiger partial charge in [0.25, 0.3) is 5.91 Å². The van der Waals surface area contributed by atoms with Gasteiger partial charge in [0.05, 0.1) is 0 Å².